The number of carbonyl (C=O) groups is 2. The van der Waals surface area contributed by atoms with Gasteiger partial charge in [0.1, 0.15) is 4.32 Å². The summed E-state index contributed by atoms with van der Waals surface area (Å²) < 4.78 is 27.8. The first-order valence-electron chi connectivity index (χ1n) is 10.1. The highest BCUT2D eigenvalue weighted by Gasteiger charge is 2.38. The number of rotatable bonds is 9. The fourth-order valence-corrected chi connectivity index (χ4v) is 5.69. The largest absolute Gasteiger partial charge is 0.352 e. The molecule has 1 heterocycles. The lowest BCUT2D eigenvalue weighted by atomic mass is 10.2. The summed E-state index contributed by atoms with van der Waals surface area (Å²) in [5.41, 5.74) is 1.24. The van der Waals surface area contributed by atoms with Crippen LogP contribution < -0.4 is 10.0 Å². The lowest BCUT2D eigenvalue weighted by Crippen LogP contribution is -2.36. The van der Waals surface area contributed by atoms with E-state index in [0.717, 1.165) is 5.56 Å². The summed E-state index contributed by atoms with van der Waals surface area (Å²) in [7, 11) is -3.66. The highest BCUT2D eigenvalue weighted by Crippen LogP contribution is 2.30. The molecule has 32 heavy (non-hydrogen) atoms. The van der Waals surface area contributed by atoms with E-state index in [4.69, 9.17) is 12.2 Å². The highest BCUT2D eigenvalue weighted by molar-refractivity contribution is 8.24. The summed E-state index contributed by atoms with van der Waals surface area (Å²) in [5, 5.41) is 2.32. The number of hydrogen-bond donors (Lipinski definition) is 2. The molecular weight excluding hydrogens is 466 g/mol. The van der Waals surface area contributed by atoms with Gasteiger partial charge in [0, 0.05) is 25.2 Å². The van der Waals surface area contributed by atoms with Crippen LogP contribution in [-0.4, -0.2) is 41.2 Å². The van der Waals surface area contributed by atoms with Crippen molar-refractivity contribution in [1.82, 2.24) is 10.2 Å². The Balaban J connectivity index is 1.51. The molecule has 0 aliphatic carbocycles. The van der Waals surface area contributed by atoms with E-state index >= 15 is 0 Å². The maximum atomic E-state index is 12.5. The third-order valence-corrected chi connectivity index (χ3v) is 7.65. The molecule has 1 unspecified atom stereocenters. The number of hydrogen-bond acceptors (Lipinski definition) is 6. The van der Waals surface area contributed by atoms with Gasteiger partial charge in [0.05, 0.1) is 10.1 Å². The molecule has 170 valence electrons. The second-order valence-corrected chi connectivity index (χ2v) is 11.3. The molecule has 2 aromatic rings. The van der Waals surface area contributed by atoms with Crippen LogP contribution in [0.1, 0.15) is 25.8 Å². The predicted molar refractivity (Wildman–Crippen MR) is 131 cm³/mol. The van der Waals surface area contributed by atoms with Crippen molar-refractivity contribution in [2.24, 2.45) is 5.92 Å². The standard InChI is InChI=1S/C22H25N3O4S3/c1-15(2)14-25-21(27)19(31-22(25)30)12-20(26)23-13-16-8-10-17(11-9-16)24-32(28,29)18-6-4-3-5-7-18/h3-11,15,19,24H,12-14H2,1-2H3,(H,23,26). The number of thioether (sulfide) groups is 1. The van der Waals surface area contributed by atoms with Gasteiger partial charge in [-0.15, -0.1) is 0 Å². The van der Waals surface area contributed by atoms with Gasteiger partial charge in [-0.25, -0.2) is 8.42 Å². The van der Waals surface area contributed by atoms with Crippen LogP contribution in [0, 0.1) is 5.92 Å². The SMILES string of the molecule is CC(C)CN1C(=O)C(CC(=O)NCc2ccc(NS(=O)(=O)c3ccccc3)cc2)SC1=S. The summed E-state index contributed by atoms with van der Waals surface area (Å²) >= 11 is 6.54. The molecule has 2 N–H and O–H groups in total. The average Bonchev–Trinajstić information content (AvgIpc) is 3.00. The van der Waals surface area contributed by atoms with E-state index in [2.05, 4.69) is 10.0 Å². The second-order valence-electron chi connectivity index (χ2n) is 7.81. The Hall–Kier alpha value is -2.43. The minimum absolute atomic E-state index is 0.0627. The van der Waals surface area contributed by atoms with Gasteiger partial charge in [0.2, 0.25) is 11.8 Å². The van der Waals surface area contributed by atoms with Crippen LogP contribution in [0.15, 0.2) is 59.5 Å². The van der Waals surface area contributed by atoms with Crippen LogP contribution in [0.4, 0.5) is 5.69 Å². The average molecular weight is 492 g/mol. The molecule has 1 aliphatic rings. The van der Waals surface area contributed by atoms with Gasteiger partial charge < -0.3 is 5.32 Å². The van der Waals surface area contributed by atoms with Crippen LogP contribution in [0.25, 0.3) is 0 Å². The zero-order valence-corrected chi connectivity index (χ0v) is 20.2. The third-order valence-electron chi connectivity index (χ3n) is 4.67. The predicted octanol–water partition coefficient (Wildman–Crippen LogP) is 3.38. The highest BCUT2D eigenvalue weighted by atomic mass is 32.2. The monoisotopic (exact) mass is 491 g/mol. The maximum Gasteiger partial charge on any atom is 0.261 e. The Bertz CT molecular complexity index is 1090. The molecule has 0 bridgehead atoms. The van der Waals surface area contributed by atoms with E-state index < -0.39 is 15.3 Å². The molecule has 2 aromatic carbocycles. The van der Waals surface area contributed by atoms with Crippen LogP contribution in [0.2, 0.25) is 0 Å². The molecule has 7 nitrogen and oxygen atoms in total. The number of benzene rings is 2. The van der Waals surface area contributed by atoms with Crippen molar-refractivity contribution in [3.05, 3.63) is 60.2 Å². The van der Waals surface area contributed by atoms with Gasteiger partial charge in [-0.2, -0.15) is 0 Å². The molecule has 0 saturated carbocycles. The molecule has 1 atom stereocenters. The van der Waals surface area contributed by atoms with Crippen molar-refractivity contribution in [3.63, 3.8) is 0 Å². The summed E-state index contributed by atoms with van der Waals surface area (Å²) in [5.74, 6) is -0.0528. The Morgan fingerprint density at radius 2 is 1.78 bits per heavy atom. The van der Waals surface area contributed by atoms with Gasteiger partial charge in [-0.1, -0.05) is 68.2 Å². The van der Waals surface area contributed by atoms with E-state index in [0.29, 0.717) is 22.5 Å². The Kier molecular flexibility index (Phi) is 7.91. The summed E-state index contributed by atoms with van der Waals surface area (Å²) in [4.78, 5) is 26.6. The van der Waals surface area contributed by atoms with E-state index in [1.165, 1.54) is 23.9 Å². The Labute approximate surface area is 198 Å². The van der Waals surface area contributed by atoms with Crippen molar-refractivity contribution in [2.45, 2.75) is 37.0 Å². The maximum absolute atomic E-state index is 12.5. The molecular formula is C22H25N3O4S3. The number of nitrogens with one attached hydrogen (secondary N) is 2. The lowest BCUT2D eigenvalue weighted by Gasteiger charge is -2.17. The van der Waals surface area contributed by atoms with Gasteiger partial charge >= 0.3 is 0 Å². The number of thiocarbonyl (C=S) groups is 1. The van der Waals surface area contributed by atoms with Crippen LogP contribution in [0.5, 0.6) is 0 Å². The van der Waals surface area contributed by atoms with Crippen molar-refractivity contribution in [2.75, 3.05) is 11.3 Å². The van der Waals surface area contributed by atoms with E-state index in [-0.39, 0.29) is 29.7 Å². The van der Waals surface area contributed by atoms with E-state index in [9.17, 15) is 18.0 Å². The minimum atomic E-state index is -3.66. The van der Waals surface area contributed by atoms with Gasteiger partial charge in [-0.3, -0.25) is 19.2 Å². The molecule has 2 amide bonds. The quantitative estimate of drug-likeness (QED) is 0.522. The van der Waals surface area contributed by atoms with Crippen LogP contribution in [0.3, 0.4) is 0 Å². The number of nitrogens with zero attached hydrogens (tertiary/aromatic N) is 1. The Morgan fingerprint density at radius 1 is 1.12 bits per heavy atom. The summed E-state index contributed by atoms with van der Waals surface area (Å²) in [6.07, 6.45) is 0.0627. The van der Waals surface area contributed by atoms with Crippen molar-refractivity contribution in [3.8, 4) is 0 Å². The first-order chi connectivity index (χ1) is 15.2. The topological polar surface area (TPSA) is 95.6 Å². The molecule has 0 aromatic heterocycles. The second kappa shape index (κ2) is 10.5. The molecule has 3 rings (SSSR count). The molecule has 1 saturated heterocycles. The van der Waals surface area contributed by atoms with E-state index in [1.807, 2.05) is 13.8 Å². The molecule has 0 radical (unpaired) electrons. The van der Waals surface area contributed by atoms with E-state index in [1.54, 1.807) is 47.4 Å². The number of amides is 2. The van der Waals surface area contributed by atoms with Gasteiger partial charge in [0.25, 0.3) is 10.0 Å². The first kappa shape index (κ1) is 24.2. The smallest absolute Gasteiger partial charge is 0.261 e. The van der Waals surface area contributed by atoms with Crippen molar-refractivity contribution >= 4 is 55.8 Å². The van der Waals surface area contributed by atoms with Gasteiger partial charge in [0.15, 0.2) is 0 Å². The minimum Gasteiger partial charge on any atom is -0.352 e. The van der Waals surface area contributed by atoms with Crippen molar-refractivity contribution in [1.29, 1.82) is 0 Å². The number of anilines is 1. The normalized spacial score (nSPS) is 16.5. The van der Waals surface area contributed by atoms with Gasteiger partial charge in [-0.05, 0) is 35.7 Å². The zero-order chi connectivity index (χ0) is 23.3. The van der Waals surface area contributed by atoms with Crippen LogP contribution in [-0.2, 0) is 26.2 Å². The molecule has 1 aliphatic heterocycles. The fourth-order valence-electron chi connectivity index (χ4n) is 3.10. The molecule has 0 spiro atoms. The zero-order valence-electron chi connectivity index (χ0n) is 17.8. The van der Waals surface area contributed by atoms with Crippen molar-refractivity contribution < 1.29 is 18.0 Å². The first-order valence-corrected chi connectivity index (χ1v) is 12.9. The Morgan fingerprint density at radius 3 is 2.41 bits per heavy atom. The summed E-state index contributed by atoms with van der Waals surface area (Å²) in [6.45, 7) is 4.86. The number of carbonyl (C=O) groups excluding carboxylic acids is 2. The van der Waals surface area contributed by atoms with Crippen LogP contribution >= 0.6 is 24.0 Å². The molecule has 10 heteroatoms. The lowest BCUT2D eigenvalue weighted by molar-refractivity contribution is -0.129. The third kappa shape index (κ3) is 6.30. The number of sulfonamides is 1. The summed E-state index contributed by atoms with van der Waals surface area (Å²) in [6, 6.07) is 14.9. The molecule has 1 fully saturated rings. The fraction of sp³-hybridized carbons (Fsp3) is 0.318.